The van der Waals surface area contributed by atoms with Gasteiger partial charge in [-0.15, -0.1) is 0 Å². The first-order valence-electron chi connectivity index (χ1n) is 10.9. The van der Waals surface area contributed by atoms with Crippen molar-refractivity contribution in [2.45, 2.75) is 26.2 Å². The summed E-state index contributed by atoms with van der Waals surface area (Å²) in [6.45, 7) is 3.42. The minimum atomic E-state index is -0.826. The molecule has 2 aromatic rings. The molecule has 1 heterocycles. The smallest absolute Gasteiger partial charge is 0.337 e. The van der Waals surface area contributed by atoms with Gasteiger partial charge in [-0.1, -0.05) is 59.6 Å². The number of nitriles is 1. The van der Waals surface area contributed by atoms with Crippen molar-refractivity contribution in [3.8, 4) is 6.07 Å². The van der Waals surface area contributed by atoms with Gasteiger partial charge in [-0.05, 0) is 49.2 Å². The topological polar surface area (TPSA) is 88.4 Å². The Labute approximate surface area is 214 Å². The number of carbonyl (C=O) groups excluding carboxylic acids is 2. The number of halogens is 2. The van der Waals surface area contributed by atoms with Gasteiger partial charge in [-0.3, -0.25) is 0 Å². The molecular formula is C27H24Cl2N2O4. The molecule has 1 atom stereocenters. The van der Waals surface area contributed by atoms with Crippen LogP contribution in [0.25, 0.3) is 6.08 Å². The summed E-state index contributed by atoms with van der Waals surface area (Å²) in [5.41, 5.74) is 3.04. The largest absolute Gasteiger partial charge is 0.461 e. The molecule has 0 aliphatic carbocycles. The van der Waals surface area contributed by atoms with Gasteiger partial charge in [0.15, 0.2) is 0 Å². The Bertz CT molecular complexity index is 1220. The number of dihydropyridines is 1. The molecule has 1 N–H and O–H groups in total. The summed E-state index contributed by atoms with van der Waals surface area (Å²) in [5, 5.41) is 12.6. The second kappa shape index (κ2) is 12.3. The summed E-state index contributed by atoms with van der Waals surface area (Å²) in [6, 6.07) is 16.4. The zero-order valence-electron chi connectivity index (χ0n) is 19.3. The summed E-state index contributed by atoms with van der Waals surface area (Å²) in [6.07, 6.45) is 3.64. The zero-order chi connectivity index (χ0) is 25.4. The normalized spacial score (nSPS) is 15.6. The number of rotatable bonds is 8. The van der Waals surface area contributed by atoms with Crippen molar-refractivity contribution in [2.75, 3.05) is 13.2 Å². The molecule has 0 saturated carbocycles. The standard InChI is InChI=1S/C27H24Cl2N2O4/c1-17-23(26(32)34-12-6-10-19-8-4-3-5-9-19)25(20-14-21(28)16-22(29)15-20)24(18(2)31-17)27(33)35-13-7-11-30/h3-6,8-10,14-16,25,31H,7,12-13H2,1-2H3. The number of benzene rings is 2. The number of ether oxygens (including phenoxy) is 2. The third-order valence-electron chi connectivity index (χ3n) is 5.29. The van der Waals surface area contributed by atoms with E-state index in [4.69, 9.17) is 37.9 Å². The van der Waals surface area contributed by atoms with Crippen molar-refractivity contribution in [2.24, 2.45) is 0 Å². The summed E-state index contributed by atoms with van der Waals surface area (Å²) >= 11 is 12.5. The number of hydrogen-bond acceptors (Lipinski definition) is 6. The molecule has 1 unspecified atom stereocenters. The molecular weight excluding hydrogens is 487 g/mol. The van der Waals surface area contributed by atoms with Gasteiger partial charge in [0.25, 0.3) is 0 Å². The highest BCUT2D eigenvalue weighted by Gasteiger charge is 2.38. The molecule has 35 heavy (non-hydrogen) atoms. The van der Waals surface area contributed by atoms with Crippen LogP contribution in [0, 0.1) is 11.3 Å². The second-order valence-corrected chi connectivity index (χ2v) is 8.67. The predicted octanol–water partition coefficient (Wildman–Crippen LogP) is 5.94. The van der Waals surface area contributed by atoms with Gasteiger partial charge in [0.2, 0.25) is 0 Å². The fraction of sp³-hybridized carbons (Fsp3) is 0.222. The highest BCUT2D eigenvalue weighted by Crippen LogP contribution is 2.40. The lowest BCUT2D eigenvalue weighted by Crippen LogP contribution is -2.32. The summed E-state index contributed by atoms with van der Waals surface area (Å²) in [4.78, 5) is 26.3. The first kappa shape index (κ1) is 26.1. The molecule has 6 nitrogen and oxygen atoms in total. The Morgan fingerprint density at radius 2 is 1.60 bits per heavy atom. The first-order chi connectivity index (χ1) is 16.8. The van der Waals surface area contributed by atoms with Crippen LogP contribution in [0.4, 0.5) is 0 Å². The Hall–Kier alpha value is -3.53. The average Bonchev–Trinajstić information content (AvgIpc) is 2.81. The fourth-order valence-corrected chi connectivity index (χ4v) is 4.37. The molecule has 3 rings (SSSR count). The van der Waals surface area contributed by atoms with Gasteiger partial charge in [-0.2, -0.15) is 5.26 Å². The van der Waals surface area contributed by atoms with Gasteiger partial charge in [0.1, 0.15) is 13.2 Å². The minimum Gasteiger partial charge on any atom is -0.461 e. The third-order valence-corrected chi connectivity index (χ3v) is 5.72. The third kappa shape index (κ3) is 6.75. The second-order valence-electron chi connectivity index (χ2n) is 7.79. The Balaban J connectivity index is 1.93. The van der Waals surface area contributed by atoms with E-state index in [1.165, 1.54) is 0 Å². The van der Waals surface area contributed by atoms with Gasteiger partial charge < -0.3 is 14.8 Å². The van der Waals surface area contributed by atoms with E-state index in [1.54, 1.807) is 38.1 Å². The number of allylic oxidation sites excluding steroid dienone is 2. The fourth-order valence-electron chi connectivity index (χ4n) is 3.83. The van der Waals surface area contributed by atoms with Crippen LogP contribution in [0.3, 0.4) is 0 Å². The van der Waals surface area contributed by atoms with Crippen LogP contribution in [0.15, 0.2) is 77.1 Å². The maximum atomic E-state index is 13.3. The monoisotopic (exact) mass is 510 g/mol. The first-order valence-corrected chi connectivity index (χ1v) is 11.6. The zero-order valence-corrected chi connectivity index (χ0v) is 20.8. The molecule has 0 aromatic heterocycles. The van der Waals surface area contributed by atoms with Crippen LogP contribution in [0.1, 0.15) is 37.3 Å². The van der Waals surface area contributed by atoms with Crippen LogP contribution in [0.5, 0.6) is 0 Å². The van der Waals surface area contributed by atoms with Gasteiger partial charge in [-0.25, -0.2) is 9.59 Å². The Kier molecular flexibility index (Phi) is 9.13. The lowest BCUT2D eigenvalue weighted by Gasteiger charge is -2.30. The van der Waals surface area contributed by atoms with Crippen LogP contribution in [0.2, 0.25) is 10.0 Å². The van der Waals surface area contributed by atoms with E-state index >= 15 is 0 Å². The molecule has 0 saturated heterocycles. The summed E-state index contributed by atoms with van der Waals surface area (Å²) in [7, 11) is 0. The highest BCUT2D eigenvalue weighted by molar-refractivity contribution is 6.34. The number of nitrogens with one attached hydrogen (secondary N) is 1. The molecule has 180 valence electrons. The quantitative estimate of drug-likeness (QED) is 0.349. The van der Waals surface area contributed by atoms with Crippen molar-refractivity contribution in [1.82, 2.24) is 5.32 Å². The van der Waals surface area contributed by atoms with E-state index < -0.39 is 17.9 Å². The van der Waals surface area contributed by atoms with Crippen molar-refractivity contribution in [3.05, 3.63) is 98.3 Å². The van der Waals surface area contributed by atoms with E-state index in [2.05, 4.69) is 5.32 Å². The van der Waals surface area contributed by atoms with Crippen molar-refractivity contribution < 1.29 is 19.1 Å². The summed E-state index contributed by atoms with van der Waals surface area (Å²) < 4.78 is 10.8. The lowest BCUT2D eigenvalue weighted by molar-refractivity contribution is -0.139. The molecule has 0 amide bonds. The molecule has 8 heteroatoms. The predicted molar refractivity (Wildman–Crippen MR) is 135 cm³/mol. The molecule has 0 bridgehead atoms. The number of carbonyl (C=O) groups is 2. The molecule has 0 radical (unpaired) electrons. The van der Waals surface area contributed by atoms with Crippen LogP contribution >= 0.6 is 23.2 Å². The van der Waals surface area contributed by atoms with Crippen LogP contribution in [-0.2, 0) is 19.1 Å². The number of esters is 2. The van der Waals surface area contributed by atoms with Gasteiger partial charge >= 0.3 is 11.9 Å². The Morgan fingerprint density at radius 3 is 2.20 bits per heavy atom. The summed E-state index contributed by atoms with van der Waals surface area (Å²) in [5.74, 6) is -2.07. The van der Waals surface area contributed by atoms with Crippen LogP contribution < -0.4 is 5.32 Å². The maximum absolute atomic E-state index is 13.3. The van der Waals surface area contributed by atoms with E-state index in [0.717, 1.165) is 5.56 Å². The number of nitrogens with zero attached hydrogens (tertiary/aromatic N) is 1. The van der Waals surface area contributed by atoms with E-state index in [9.17, 15) is 9.59 Å². The lowest BCUT2D eigenvalue weighted by atomic mass is 9.80. The minimum absolute atomic E-state index is 0.0399. The van der Waals surface area contributed by atoms with Crippen LogP contribution in [-0.4, -0.2) is 25.2 Å². The van der Waals surface area contributed by atoms with Crippen molar-refractivity contribution >= 4 is 41.2 Å². The SMILES string of the molecule is CC1=C(C(=O)OCC=Cc2ccccc2)C(c2cc(Cl)cc(Cl)c2)C(C(=O)OCCC#N)=C(C)N1. The van der Waals surface area contributed by atoms with Gasteiger partial charge in [0.05, 0.1) is 29.6 Å². The molecule has 0 spiro atoms. The van der Waals surface area contributed by atoms with E-state index in [-0.39, 0.29) is 30.8 Å². The maximum Gasteiger partial charge on any atom is 0.337 e. The molecule has 2 aromatic carbocycles. The van der Waals surface area contributed by atoms with Crippen molar-refractivity contribution in [3.63, 3.8) is 0 Å². The average molecular weight is 511 g/mol. The molecule has 1 aliphatic rings. The number of hydrogen-bond donors (Lipinski definition) is 1. The molecule has 1 aliphatic heterocycles. The highest BCUT2D eigenvalue weighted by atomic mass is 35.5. The van der Waals surface area contributed by atoms with E-state index in [1.807, 2.05) is 42.5 Å². The van der Waals surface area contributed by atoms with Crippen molar-refractivity contribution in [1.29, 1.82) is 5.26 Å². The molecule has 0 fully saturated rings. The van der Waals surface area contributed by atoms with Gasteiger partial charge in [0, 0.05) is 21.4 Å². The van der Waals surface area contributed by atoms with E-state index in [0.29, 0.717) is 27.0 Å². The Morgan fingerprint density at radius 1 is 1.00 bits per heavy atom.